The standard InChI is InChI=1S/C29H35N3O7/c1-7-8-9-10-14-13-18(31(3)4)16-11-15-12-17-22(32(5)6)25(35)21(28(38)30-2)27(37)29(17,39)26(36)19(15)24(34)20(16)23(14)33/h13,15,17,19,21-22,33,39H,7-8,11-12H2,1-6H3,(H,30,38)/t15-,17-,19?,21?,22-,29-/m0/s1. The summed E-state index contributed by atoms with van der Waals surface area (Å²) in [5.74, 6) is -3.99. The Kier molecular flexibility index (Phi) is 7.45. The monoisotopic (exact) mass is 537 g/mol. The smallest absolute Gasteiger partial charge is 0.238 e. The minimum absolute atomic E-state index is 0.0323. The van der Waals surface area contributed by atoms with Gasteiger partial charge in [0.15, 0.2) is 34.7 Å². The van der Waals surface area contributed by atoms with E-state index in [1.54, 1.807) is 34.3 Å². The van der Waals surface area contributed by atoms with E-state index in [1.165, 1.54) is 11.9 Å². The predicted octanol–water partition coefficient (Wildman–Crippen LogP) is 0.345. The Labute approximate surface area is 227 Å². The molecule has 1 aromatic rings. The van der Waals surface area contributed by atoms with E-state index >= 15 is 0 Å². The molecule has 2 unspecified atom stereocenters. The maximum atomic E-state index is 14.0. The highest BCUT2D eigenvalue weighted by Gasteiger charge is 2.69. The molecule has 6 atom stereocenters. The van der Waals surface area contributed by atoms with Crippen LogP contribution in [0.15, 0.2) is 6.07 Å². The van der Waals surface area contributed by atoms with Gasteiger partial charge in [0.2, 0.25) is 5.91 Å². The second-order valence-corrected chi connectivity index (χ2v) is 11.1. The number of anilines is 1. The highest BCUT2D eigenvalue weighted by atomic mass is 16.3. The van der Waals surface area contributed by atoms with Crippen LogP contribution in [0.4, 0.5) is 5.69 Å². The third kappa shape index (κ3) is 4.15. The van der Waals surface area contributed by atoms with E-state index in [1.807, 2.05) is 11.8 Å². The van der Waals surface area contributed by atoms with Gasteiger partial charge in [-0.1, -0.05) is 18.8 Å². The van der Waals surface area contributed by atoms with E-state index in [0.29, 0.717) is 17.7 Å². The summed E-state index contributed by atoms with van der Waals surface area (Å²) in [5.41, 5.74) is -1.26. The van der Waals surface area contributed by atoms with Crippen LogP contribution in [0.2, 0.25) is 0 Å². The number of fused-ring (bicyclic) bond motifs is 3. The SMILES string of the molecule is CCCC#Cc1cc(N(C)C)c2c(c1O)C(=O)C1C(=O)[C@]3(O)C(=O)C(C(=O)NC)C(=O)[C@@H](N(C)C)[C@@H]3C[C@@H]1C2. The van der Waals surface area contributed by atoms with Crippen LogP contribution in [-0.4, -0.2) is 91.0 Å². The van der Waals surface area contributed by atoms with E-state index in [2.05, 4.69) is 17.2 Å². The van der Waals surface area contributed by atoms with Crippen LogP contribution in [0.5, 0.6) is 5.75 Å². The molecule has 39 heavy (non-hydrogen) atoms. The number of phenolic OH excluding ortho intramolecular Hbond substituents is 1. The average molecular weight is 538 g/mol. The lowest BCUT2D eigenvalue weighted by molar-refractivity contribution is -0.181. The average Bonchev–Trinajstić information content (AvgIpc) is 2.87. The van der Waals surface area contributed by atoms with Crippen molar-refractivity contribution in [2.24, 2.45) is 23.7 Å². The van der Waals surface area contributed by atoms with Crippen molar-refractivity contribution in [1.29, 1.82) is 0 Å². The first kappa shape index (κ1) is 28.5. The molecule has 3 N–H and O–H groups in total. The summed E-state index contributed by atoms with van der Waals surface area (Å²) in [7, 11) is 8.03. The lowest BCUT2D eigenvalue weighted by Gasteiger charge is -2.52. The minimum Gasteiger partial charge on any atom is -0.506 e. The second kappa shape index (κ2) is 10.2. The predicted molar refractivity (Wildman–Crippen MR) is 142 cm³/mol. The van der Waals surface area contributed by atoms with Crippen molar-refractivity contribution in [2.45, 2.75) is 44.2 Å². The molecule has 0 radical (unpaired) electrons. The molecule has 0 aromatic heterocycles. The Hall–Kier alpha value is -3.55. The lowest BCUT2D eigenvalue weighted by Crippen LogP contribution is -2.74. The van der Waals surface area contributed by atoms with Gasteiger partial charge in [-0.3, -0.25) is 28.9 Å². The largest absolute Gasteiger partial charge is 0.506 e. The number of Topliss-reactive ketones (excluding diaryl/α,β-unsaturated/α-hetero) is 4. The van der Waals surface area contributed by atoms with Crippen molar-refractivity contribution in [2.75, 3.05) is 40.1 Å². The summed E-state index contributed by atoms with van der Waals surface area (Å²) in [6.45, 7) is 1.97. The number of hydrogen-bond acceptors (Lipinski definition) is 9. The number of unbranched alkanes of at least 4 members (excludes halogenated alkanes) is 1. The van der Waals surface area contributed by atoms with Crippen LogP contribution >= 0.6 is 0 Å². The number of nitrogens with one attached hydrogen (secondary N) is 1. The van der Waals surface area contributed by atoms with Crippen LogP contribution in [0.1, 0.15) is 47.7 Å². The molecule has 2 fully saturated rings. The van der Waals surface area contributed by atoms with Crippen LogP contribution in [-0.2, 0) is 25.6 Å². The number of likely N-dealkylation sites (N-methyl/N-ethyl adjacent to an activating group) is 1. The molecule has 0 bridgehead atoms. The van der Waals surface area contributed by atoms with E-state index < -0.39 is 64.4 Å². The number of hydrogen-bond donors (Lipinski definition) is 3. The van der Waals surface area contributed by atoms with Crippen molar-refractivity contribution in [3.05, 3.63) is 22.8 Å². The summed E-state index contributed by atoms with van der Waals surface area (Å²) >= 11 is 0. The Morgan fingerprint density at radius 2 is 1.82 bits per heavy atom. The maximum absolute atomic E-state index is 14.0. The van der Waals surface area contributed by atoms with Gasteiger partial charge in [0.1, 0.15) is 5.75 Å². The fourth-order valence-corrected chi connectivity index (χ4v) is 6.55. The molecule has 10 heteroatoms. The van der Waals surface area contributed by atoms with E-state index in [0.717, 1.165) is 6.42 Å². The molecule has 208 valence electrons. The van der Waals surface area contributed by atoms with Crippen molar-refractivity contribution < 1.29 is 34.2 Å². The molecule has 0 spiro atoms. The molecule has 3 aliphatic rings. The third-order valence-electron chi connectivity index (χ3n) is 8.34. The van der Waals surface area contributed by atoms with E-state index in [-0.39, 0.29) is 29.7 Å². The molecule has 0 heterocycles. The molecular weight excluding hydrogens is 502 g/mol. The van der Waals surface area contributed by atoms with Crippen molar-refractivity contribution in [1.82, 2.24) is 10.2 Å². The van der Waals surface area contributed by atoms with E-state index in [9.17, 15) is 34.2 Å². The van der Waals surface area contributed by atoms with Gasteiger partial charge in [0, 0.05) is 39.2 Å². The van der Waals surface area contributed by atoms with Crippen LogP contribution < -0.4 is 10.2 Å². The molecule has 2 saturated carbocycles. The molecular formula is C29H35N3O7. The zero-order chi connectivity index (χ0) is 29.0. The molecule has 10 nitrogen and oxygen atoms in total. The number of aliphatic hydroxyl groups is 1. The topological polar surface area (TPSA) is 144 Å². The quantitative estimate of drug-likeness (QED) is 0.366. The number of carbonyl (C=O) groups is 5. The Bertz CT molecular complexity index is 1340. The van der Waals surface area contributed by atoms with E-state index in [4.69, 9.17) is 0 Å². The van der Waals surface area contributed by atoms with Crippen LogP contribution in [0.25, 0.3) is 0 Å². The normalized spacial score (nSPS) is 29.7. The highest BCUT2D eigenvalue weighted by Crippen LogP contribution is 2.52. The number of aromatic hydroxyl groups is 1. The molecule has 4 rings (SSSR count). The van der Waals surface area contributed by atoms with Gasteiger partial charge >= 0.3 is 0 Å². The first-order valence-corrected chi connectivity index (χ1v) is 13.1. The Morgan fingerprint density at radius 1 is 1.15 bits per heavy atom. The molecule has 3 aliphatic carbocycles. The summed E-state index contributed by atoms with van der Waals surface area (Å²) in [4.78, 5) is 70.8. The van der Waals surface area contributed by atoms with Crippen molar-refractivity contribution >= 4 is 34.7 Å². The molecule has 1 aromatic carbocycles. The number of phenols is 1. The second-order valence-electron chi connectivity index (χ2n) is 11.1. The summed E-state index contributed by atoms with van der Waals surface area (Å²) in [6, 6.07) is 0.629. The highest BCUT2D eigenvalue weighted by molar-refractivity contribution is 6.32. The Balaban J connectivity index is 1.89. The van der Waals surface area contributed by atoms with Crippen LogP contribution in [0, 0.1) is 35.5 Å². The minimum atomic E-state index is -2.70. The van der Waals surface area contributed by atoms with Gasteiger partial charge in [0.25, 0.3) is 0 Å². The van der Waals surface area contributed by atoms with Crippen molar-refractivity contribution in [3.63, 3.8) is 0 Å². The van der Waals surface area contributed by atoms with Crippen LogP contribution in [0.3, 0.4) is 0 Å². The molecule has 0 aliphatic heterocycles. The first-order valence-electron chi connectivity index (χ1n) is 13.1. The molecule has 0 saturated heterocycles. The number of amides is 1. The lowest BCUT2D eigenvalue weighted by atomic mass is 9.52. The fraction of sp³-hybridized carbons (Fsp3) is 0.552. The Morgan fingerprint density at radius 3 is 2.38 bits per heavy atom. The summed E-state index contributed by atoms with van der Waals surface area (Å²) in [5, 5.41) is 25.2. The van der Waals surface area contributed by atoms with Gasteiger partial charge in [-0.25, -0.2) is 0 Å². The fourth-order valence-electron chi connectivity index (χ4n) is 6.55. The molecule has 1 amide bonds. The zero-order valence-corrected chi connectivity index (χ0v) is 23.1. The number of carbonyl (C=O) groups excluding carboxylic acids is 5. The van der Waals surface area contributed by atoms with Gasteiger partial charge in [-0.05, 0) is 50.9 Å². The van der Waals surface area contributed by atoms with Crippen molar-refractivity contribution in [3.8, 4) is 17.6 Å². The number of ketones is 4. The number of benzene rings is 1. The van der Waals surface area contributed by atoms with Gasteiger partial charge in [0.05, 0.1) is 23.1 Å². The zero-order valence-electron chi connectivity index (χ0n) is 23.1. The summed E-state index contributed by atoms with van der Waals surface area (Å²) in [6.07, 6.45) is 1.66. The van der Waals surface area contributed by atoms with Gasteiger partial charge < -0.3 is 20.4 Å². The van der Waals surface area contributed by atoms with Gasteiger partial charge in [-0.15, -0.1) is 0 Å². The summed E-state index contributed by atoms with van der Waals surface area (Å²) < 4.78 is 0. The third-order valence-corrected chi connectivity index (χ3v) is 8.34. The number of rotatable bonds is 4. The van der Waals surface area contributed by atoms with Gasteiger partial charge in [-0.2, -0.15) is 0 Å². The first-order chi connectivity index (χ1) is 18.3. The number of nitrogens with zero attached hydrogens (tertiary/aromatic N) is 2. The maximum Gasteiger partial charge on any atom is 0.238 e.